The third-order valence-electron chi connectivity index (χ3n) is 9.17. The fourth-order valence-corrected chi connectivity index (χ4v) is 6.59. The predicted octanol–water partition coefficient (Wildman–Crippen LogP) is 3.53. The van der Waals surface area contributed by atoms with Gasteiger partial charge in [-0.25, -0.2) is 9.80 Å². The first kappa shape index (κ1) is 34.9. The SMILES string of the molecule is CN=C(N)NCCC[C@@H](CC(=O)N(Cc1ccccc1)NC(=O)[C@@H]1CCCN1C(=O)OCC1c2ccccc2-c2ccccc21)C(=O)NC. The number of nitrogens with zero attached hydrogens (tertiary/aromatic N) is 3. The van der Waals surface area contributed by atoms with Crippen molar-refractivity contribution < 1.29 is 23.9 Å². The van der Waals surface area contributed by atoms with Gasteiger partial charge >= 0.3 is 6.09 Å². The van der Waals surface area contributed by atoms with E-state index in [4.69, 9.17) is 10.5 Å². The Labute approximate surface area is 287 Å². The molecule has 1 aliphatic carbocycles. The lowest BCUT2D eigenvalue weighted by Crippen LogP contribution is -2.53. The van der Waals surface area contributed by atoms with E-state index in [1.54, 1.807) is 7.05 Å². The molecule has 0 saturated carbocycles. The zero-order valence-corrected chi connectivity index (χ0v) is 28.1. The molecule has 0 unspecified atom stereocenters. The van der Waals surface area contributed by atoms with Gasteiger partial charge in [-0.05, 0) is 53.5 Å². The molecule has 2 atom stereocenters. The number of fused-ring (bicyclic) bond motifs is 3. The Hall–Kier alpha value is -5.39. The van der Waals surface area contributed by atoms with E-state index < -0.39 is 29.9 Å². The fourth-order valence-electron chi connectivity index (χ4n) is 6.59. The van der Waals surface area contributed by atoms with Crippen LogP contribution in [0.4, 0.5) is 4.79 Å². The highest BCUT2D eigenvalue weighted by atomic mass is 16.6. The molecule has 5 N–H and O–H groups in total. The highest BCUT2D eigenvalue weighted by Gasteiger charge is 2.38. The predicted molar refractivity (Wildman–Crippen MR) is 187 cm³/mol. The second-order valence-electron chi connectivity index (χ2n) is 12.3. The molecule has 0 aromatic heterocycles. The largest absolute Gasteiger partial charge is 0.448 e. The molecule has 1 fully saturated rings. The van der Waals surface area contributed by atoms with E-state index in [9.17, 15) is 19.2 Å². The number of carbonyl (C=O) groups excluding carboxylic acids is 4. The van der Waals surface area contributed by atoms with Crippen LogP contribution in [0.25, 0.3) is 11.1 Å². The summed E-state index contributed by atoms with van der Waals surface area (Å²) in [7, 11) is 3.11. The van der Waals surface area contributed by atoms with Crippen LogP contribution in [0.15, 0.2) is 83.9 Å². The summed E-state index contributed by atoms with van der Waals surface area (Å²) in [4.78, 5) is 59.1. The lowest BCUT2D eigenvalue weighted by atomic mass is 9.97. The molecule has 0 spiro atoms. The summed E-state index contributed by atoms with van der Waals surface area (Å²) in [6.07, 6.45) is 1.36. The minimum atomic E-state index is -0.812. The molecule has 3 aromatic rings. The first-order valence-electron chi connectivity index (χ1n) is 16.7. The van der Waals surface area contributed by atoms with Crippen molar-refractivity contribution in [2.75, 3.05) is 33.8 Å². The minimum absolute atomic E-state index is 0.0919. The molecule has 5 rings (SSSR count). The van der Waals surface area contributed by atoms with Crippen LogP contribution in [-0.4, -0.2) is 79.5 Å². The fraction of sp³-hybridized carbons (Fsp3) is 0.378. The van der Waals surface area contributed by atoms with E-state index in [0.717, 1.165) is 27.8 Å². The molecule has 2 aliphatic rings. The van der Waals surface area contributed by atoms with Crippen molar-refractivity contribution in [2.24, 2.45) is 16.6 Å². The number of rotatable bonds is 12. The van der Waals surface area contributed by atoms with Gasteiger partial charge in [0.15, 0.2) is 5.96 Å². The molecule has 1 saturated heterocycles. The van der Waals surface area contributed by atoms with Gasteiger partial charge in [0.2, 0.25) is 11.8 Å². The normalized spacial score (nSPS) is 15.9. The van der Waals surface area contributed by atoms with Crippen molar-refractivity contribution in [3.63, 3.8) is 0 Å². The maximum Gasteiger partial charge on any atom is 0.410 e. The molecule has 12 nitrogen and oxygen atoms in total. The van der Waals surface area contributed by atoms with Gasteiger partial charge in [-0.3, -0.25) is 29.7 Å². The van der Waals surface area contributed by atoms with Crippen LogP contribution < -0.4 is 21.8 Å². The molecule has 3 aromatic carbocycles. The Balaban J connectivity index is 1.25. The molecule has 12 heteroatoms. The summed E-state index contributed by atoms with van der Waals surface area (Å²) in [5, 5.41) is 6.85. The summed E-state index contributed by atoms with van der Waals surface area (Å²) in [5.74, 6) is -1.61. The van der Waals surface area contributed by atoms with E-state index in [0.29, 0.717) is 44.7 Å². The first-order valence-corrected chi connectivity index (χ1v) is 16.7. The number of nitrogens with one attached hydrogen (secondary N) is 3. The molecule has 1 aliphatic heterocycles. The Morgan fingerprint density at radius 1 is 0.980 bits per heavy atom. The van der Waals surface area contributed by atoms with Crippen molar-refractivity contribution >= 4 is 29.8 Å². The maximum atomic E-state index is 13.8. The van der Waals surface area contributed by atoms with Crippen molar-refractivity contribution in [3.05, 3.63) is 95.6 Å². The van der Waals surface area contributed by atoms with Gasteiger partial charge in [0.05, 0.1) is 6.54 Å². The second-order valence-corrected chi connectivity index (χ2v) is 12.3. The summed E-state index contributed by atoms with van der Waals surface area (Å²) in [5.41, 5.74) is 13.8. The zero-order chi connectivity index (χ0) is 34.8. The zero-order valence-electron chi connectivity index (χ0n) is 28.1. The lowest BCUT2D eigenvalue weighted by molar-refractivity contribution is -0.145. The minimum Gasteiger partial charge on any atom is -0.448 e. The standard InChI is InChI=1S/C37H45N7O5/c1-39-34(46)26(14-10-20-41-36(38)40-2)22-33(45)44(23-25-12-4-3-5-13-25)42-35(47)32-19-11-21-43(32)37(48)49-24-31-29-17-8-6-15-27(29)28-16-7-9-18-30(28)31/h3-9,12-13,15-18,26,31-32H,10-11,14,19-24H2,1-2H3,(H,39,46)(H,42,47)(H3,38,40,41)/t26-,32-/m0/s1. The van der Waals surface area contributed by atoms with Crippen molar-refractivity contribution in [1.82, 2.24) is 26.0 Å². The van der Waals surface area contributed by atoms with E-state index in [1.807, 2.05) is 54.6 Å². The number of guanidine groups is 1. The summed E-state index contributed by atoms with van der Waals surface area (Å²) in [6, 6.07) is 24.7. The van der Waals surface area contributed by atoms with Crippen LogP contribution in [0.5, 0.6) is 0 Å². The van der Waals surface area contributed by atoms with Gasteiger partial charge in [-0.15, -0.1) is 0 Å². The number of hydrogen-bond donors (Lipinski definition) is 4. The number of hydrogen-bond acceptors (Lipinski definition) is 6. The first-order chi connectivity index (χ1) is 23.8. The molecule has 0 radical (unpaired) electrons. The van der Waals surface area contributed by atoms with Crippen LogP contribution in [0.3, 0.4) is 0 Å². The average molecular weight is 668 g/mol. The highest BCUT2D eigenvalue weighted by Crippen LogP contribution is 2.44. The van der Waals surface area contributed by atoms with Crippen LogP contribution in [0.2, 0.25) is 0 Å². The number of carbonyl (C=O) groups is 4. The van der Waals surface area contributed by atoms with Gasteiger partial charge < -0.3 is 21.1 Å². The van der Waals surface area contributed by atoms with Crippen LogP contribution in [0, 0.1) is 5.92 Å². The molecular weight excluding hydrogens is 622 g/mol. The van der Waals surface area contributed by atoms with Crippen LogP contribution in [-0.2, 0) is 25.7 Å². The Bertz CT molecular complexity index is 1620. The van der Waals surface area contributed by atoms with Gasteiger partial charge in [0.1, 0.15) is 12.6 Å². The number of nitrogens with two attached hydrogens (primary N) is 1. The monoisotopic (exact) mass is 667 g/mol. The average Bonchev–Trinajstić information content (AvgIpc) is 3.75. The topological polar surface area (TPSA) is 158 Å². The number of likely N-dealkylation sites (tertiary alicyclic amines) is 1. The van der Waals surface area contributed by atoms with Gasteiger partial charge in [0, 0.05) is 45.4 Å². The quantitative estimate of drug-likeness (QED) is 0.0996. The van der Waals surface area contributed by atoms with Gasteiger partial charge in [-0.2, -0.15) is 0 Å². The van der Waals surface area contributed by atoms with Crippen molar-refractivity contribution in [3.8, 4) is 11.1 Å². The Morgan fingerprint density at radius 2 is 1.63 bits per heavy atom. The van der Waals surface area contributed by atoms with Crippen molar-refractivity contribution in [2.45, 2.75) is 50.6 Å². The maximum absolute atomic E-state index is 13.8. The molecule has 258 valence electrons. The van der Waals surface area contributed by atoms with Gasteiger partial charge in [0.25, 0.3) is 5.91 Å². The van der Waals surface area contributed by atoms with E-state index in [2.05, 4.69) is 45.3 Å². The molecule has 4 amide bonds. The molecule has 49 heavy (non-hydrogen) atoms. The van der Waals surface area contributed by atoms with E-state index in [1.165, 1.54) is 17.0 Å². The summed E-state index contributed by atoms with van der Waals surface area (Å²) < 4.78 is 5.87. The highest BCUT2D eigenvalue weighted by molar-refractivity contribution is 5.90. The Morgan fingerprint density at radius 3 is 2.29 bits per heavy atom. The summed E-state index contributed by atoms with van der Waals surface area (Å²) in [6.45, 7) is 1.09. The second kappa shape index (κ2) is 16.6. The van der Waals surface area contributed by atoms with E-state index in [-0.39, 0.29) is 31.4 Å². The lowest BCUT2D eigenvalue weighted by Gasteiger charge is -2.29. The smallest absolute Gasteiger partial charge is 0.410 e. The number of amides is 4. The van der Waals surface area contributed by atoms with Crippen LogP contribution >= 0.6 is 0 Å². The number of benzene rings is 3. The van der Waals surface area contributed by atoms with Gasteiger partial charge in [-0.1, -0.05) is 78.9 Å². The number of aliphatic imine (C=N–C) groups is 1. The molecular formula is C37H45N7O5. The third-order valence-corrected chi connectivity index (χ3v) is 9.17. The van der Waals surface area contributed by atoms with Crippen molar-refractivity contribution in [1.29, 1.82) is 0 Å². The number of hydrazine groups is 1. The number of ether oxygens (including phenoxy) is 1. The van der Waals surface area contributed by atoms with E-state index >= 15 is 0 Å². The summed E-state index contributed by atoms with van der Waals surface area (Å²) >= 11 is 0. The third kappa shape index (κ3) is 8.56. The Kier molecular flexibility index (Phi) is 11.9. The van der Waals surface area contributed by atoms with Crippen LogP contribution in [0.1, 0.15) is 54.7 Å². The molecule has 1 heterocycles. The molecule has 0 bridgehead atoms.